The number of aromatic nitrogens is 1. The normalized spacial score (nSPS) is 24.1. The van der Waals surface area contributed by atoms with Crippen molar-refractivity contribution in [2.45, 2.75) is 32.7 Å². The Bertz CT molecular complexity index is 464. The molecule has 1 aliphatic rings. The van der Waals surface area contributed by atoms with Crippen molar-refractivity contribution in [1.29, 1.82) is 0 Å². The number of nitrogens with two attached hydrogens (primary N) is 1. The van der Waals surface area contributed by atoms with Gasteiger partial charge in [0, 0.05) is 12.6 Å². The average molecular weight is 251 g/mol. The molecule has 0 radical (unpaired) electrons. The van der Waals surface area contributed by atoms with Crippen LogP contribution in [0.1, 0.15) is 37.0 Å². The van der Waals surface area contributed by atoms with Crippen LogP contribution in [0.25, 0.3) is 0 Å². The Morgan fingerprint density at radius 1 is 1.50 bits per heavy atom. The molecule has 98 valence electrons. The lowest BCUT2D eigenvalue weighted by atomic mass is 9.94. The number of piperidine rings is 1. The zero-order valence-corrected chi connectivity index (χ0v) is 10.7. The molecule has 2 heterocycles. The van der Waals surface area contributed by atoms with Crippen LogP contribution in [-0.4, -0.2) is 28.4 Å². The molecular weight excluding hydrogens is 233 g/mol. The van der Waals surface area contributed by atoms with Crippen LogP contribution in [-0.2, 0) is 0 Å². The molecular formula is C13H18FN3O. The summed E-state index contributed by atoms with van der Waals surface area (Å²) in [7, 11) is 0. The van der Waals surface area contributed by atoms with Crippen LogP contribution >= 0.6 is 0 Å². The minimum Gasteiger partial charge on any atom is -0.383 e. The van der Waals surface area contributed by atoms with Gasteiger partial charge in [-0.2, -0.15) is 0 Å². The molecule has 1 saturated heterocycles. The number of hydrogen-bond donors (Lipinski definition) is 1. The summed E-state index contributed by atoms with van der Waals surface area (Å²) in [5.41, 5.74) is 5.81. The molecule has 2 rings (SSSR count). The third-order valence-electron chi connectivity index (χ3n) is 3.49. The molecule has 1 fully saturated rings. The fourth-order valence-electron chi connectivity index (χ4n) is 2.35. The topological polar surface area (TPSA) is 59.2 Å². The molecule has 2 unspecified atom stereocenters. The summed E-state index contributed by atoms with van der Waals surface area (Å²) in [5, 5.41) is 0. The van der Waals surface area contributed by atoms with E-state index >= 15 is 0 Å². The standard InChI is InChI=1S/C13H18FN3O/c1-8-3-4-9(2)17(7-8)13(18)11-5-10(14)6-16-12(11)15/h5-6,8-9H,3-4,7H2,1-2H3,(H2,15,16). The number of nitrogens with zero attached hydrogens (tertiary/aromatic N) is 2. The smallest absolute Gasteiger partial charge is 0.257 e. The highest BCUT2D eigenvalue weighted by Gasteiger charge is 2.29. The summed E-state index contributed by atoms with van der Waals surface area (Å²) >= 11 is 0. The fraction of sp³-hybridized carbons (Fsp3) is 0.538. The molecule has 0 aliphatic carbocycles. The molecule has 0 bridgehead atoms. The van der Waals surface area contributed by atoms with Crippen LogP contribution in [0.4, 0.5) is 10.2 Å². The van der Waals surface area contributed by atoms with Gasteiger partial charge in [0.15, 0.2) is 0 Å². The molecule has 5 heteroatoms. The Morgan fingerprint density at radius 3 is 2.94 bits per heavy atom. The number of pyridine rings is 1. The van der Waals surface area contributed by atoms with E-state index in [1.807, 2.05) is 6.92 Å². The van der Waals surface area contributed by atoms with Gasteiger partial charge in [-0.1, -0.05) is 6.92 Å². The highest BCUT2D eigenvalue weighted by molar-refractivity contribution is 5.98. The van der Waals surface area contributed by atoms with Crippen molar-refractivity contribution in [1.82, 2.24) is 9.88 Å². The molecule has 0 aromatic carbocycles. The predicted molar refractivity (Wildman–Crippen MR) is 67.5 cm³/mol. The quantitative estimate of drug-likeness (QED) is 0.831. The molecule has 1 aromatic rings. The van der Waals surface area contributed by atoms with E-state index in [9.17, 15) is 9.18 Å². The monoisotopic (exact) mass is 251 g/mol. The highest BCUT2D eigenvalue weighted by atomic mass is 19.1. The Balaban J connectivity index is 2.27. The predicted octanol–water partition coefficient (Wildman–Crippen LogP) is 2.06. The lowest BCUT2D eigenvalue weighted by Gasteiger charge is -2.37. The zero-order valence-electron chi connectivity index (χ0n) is 10.7. The number of carbonyl (C=O) groups is 1. The van der Waals surface area contributed by atoms with E-state index in [1.54, 1.807) is 4.90 Å². The SMILES string of the molecule is CC1CCC(C)N(C(=O)c2cc(F)cnc2N)C1. The number of anilines is 1. The number of likely N-dealkylation sites (tertiary alicyclic amines) is 1. The average Bonchev–Trinajstić information content (AvgIpc) is 2.34. The first kappa shape index (κ1) is 12.8. The van der Waals surface area contributed by atoms with Gasteiger partial charge >= 0.3 is 0 Å². The molecule has 2 atom stereocenters. The van der Waals surface area contributed by atoms with Crippen LogP contribution in [0.15, 0.2) is 12.3 Å². The lowest BCUT2D eigenvalue weighted by molar-refractivity contribution is 0.0574. The minimum absolute atomic E-state index is 0.0897. The molecule has 0 spiro atoms. The second-order valence-electron chi connectivity index (χ2n) is 5.08. The summed E-state index contributed by atoms with van der Waals surface area (Å²) in [6.07, 6.45) is 3.10. The second kappa shape index (κ2) is 4.92. The summed E-state index contributed by atoms with van der Waals surface area (Å²) in [6.45, 7) is 4.81. The van der Waals surface area contributed by atoms with Crippen LogP contribution in [0.2, 0.25) is 0 Å². The third-order valence-corrected chi connectivity index (χ3v) is 3.49. The second-order valence-corrected chi connectivity index (χ2v) is 5.08. The molecule has 1 aliphatic heterocycles. The van der Waals surface area contributed by atoms with Gasteiger partial charge in [-0.05, 0) is 31.7 Å². The Morgan fingerprint density at radius 2 is 2.22 bits per heavy atom. The first-order valence-electron chi connectivity index (χ1n) is 6.21. The van der Waals surface area contributed by atoms with Crippen LogP contribution in [0.3, 0.4) is 0 Å². The number of rotatable bonds is 1. The molecule has 18 heavy (non-hydrogen) atoms. The van der Waals surface area contributed by atoms with E-state index in [1.165, 1.54) is 0 Å². The van der Waals surface area contributed by atoms with Crippen LogP contribution < -0.4 is 5.73 Å². The number of hydrogen-bond acceptors (Lipinski definition) is 3. The Labute approximate surface area is 106 Å². The lowest BCUT2D eigenvalue weighted by Crippen LogP contribution is -2.45. The van der Waals surface area contributed by atoms with Gasteiger partial charge in [0.25, 0.3) is 5.91 Å². The Kier molecular flexibility index (Phi) is 3.50. The Hall–Kier alpha value is -1.65. The van der Waals surface area contributed by atoms with Crippen LogP contribution in [0.5, 0.6) is 0 Å². The largest absolute Gasteiger partial charge is 0.383 e. The van der Waals surface area contributed by atoms with E-state index in [0.717, 1.165) is 25.1 Å². The van der Waals surface area contributed by atoms with Gasteiger partial charge in [-0.25, -0.2) is 9.37 Å². The van der Waals surface area contributed by atoms with E-state index in [4.69, 9.17) is 5.73 Å². The van der Waals surface area contributed by atoms with Crippen molar-refractivity contribution in [2.24, 2.45) is 5.92 Å². The van der Waals surface area contributed by atoms with Crippen molar-refractivity contribution in [3.63, 3.8) is 0 Å². The number of carbonyl (C=O) groups excluding carboxylic acids is 1. The van der Waals surface area contributed by atoms with Crippen molar-refractivity contribution < 1.29 is 9.18 Å². The van der Waals surface area contributed by atoms with Gasteiger partial charge in [0.2, 0.25) is 0 Å². The molecule has 1 aromatic heterocycles. The molecule has 0 saturated carbocycles. The first-order valence-corrected chi connectivity index (χ1v) is 6.21. The zero-order chi connectivity index (χ0) is 13.3. The highest BCUT2D eigenvalue weighted by Crippen LogP contribution is 2.24. The third kappa shape index (κ3) is 2.44. The van der Waals surface area contributed by atoms with E-state index < -0.39 is 5.82 Å². The van der Waals surface area contributed by atoms with Crippen molar-refractivity contribution >= 4 is 11.7 Å². The molecule has 4 nitrogen and oxygen atoms in total. The van der Waals surface area contributed by atoms with Crippen molar-refractivity contribution in [3.8, 4) is 0 Å². The minimum atomic E-state index is -0.537. The number of nitrogen functional groups attached to an aromatic ring is 1. The van der Waals surface area contributed by atoms with E-state index in [0.29, 0.717) is 12.5 Å². The number of amides is 1. The molecule has 2 N–H and O–H groups in total. The fourth-order valence-corrected chi connectivity index (χ4v) is 2.35. The van der Waals surface area contributed by atoms with Crippen LogP contribution in [0, 0.1) is 11.7 Å². The maximum Gasteiger partial charge on any atom is 0.257 e. The van der Waals surface area contributed by atoms with Gasteiger partial charge in [-0.3, -0.25) is 4.79 Å². The summed E-state index contributed by atoms with van der Waals surface area (Å²) in [6, 6.07) is 1.33. The van der Waals surface area contributed by atoms with E-state index in [-0.39, 0.29) is 23.3 Å². The van der Waals surface area contributed by atoms with E-state index in [2.05, 4.69) is 11.9 Å². The van der Waals surface area contributed by atoms with Crippen molar-refractivity contribution in [3.05, 3.63) is 23.6 Å². The van der Waals surface area contributed by atoms with Gasteiger partial charge in [0.05, 0.1) is 11.8 Å². The van der Waals surface area contributed by atoms with Gasteiger partial charge < -0.3 is 10.6 Å². The summed E-state index contributed by atoms with van der Waals surface area (Å²) < 4.78 is 13.2. The van der Waals surface area contributed by atoms with Crippen molar-refractivity contribution in [2.75, 3.05) is 12.3 Å². The molecule has 1 amide bonds. The summed E-state index contributed by atoms with van der Waals surface area (Å²) in [5.74, 6) is -0.205. The van der Waals surface area contributed by atoms with Gasteiger partial charge in [0.1, 0.15) is 11.6 Å². The summed E-state index contributed by atoms with van der Waals surface area (Å²) in [4.78, 5) is 17.8. The number of halogens is 1. The maximum atomic E-state index is 13.2. The maximum absolute atomic E-state index is 13.2. The first-order chi connectivity index (χ1) is 8.49. The van der Waals surface area contributed by atoms with Gasteiger partial charge in [-0.15, -0.1) is 0 Å².